The van der Waals surface area contributed by atoms with Crippen LogP contribution in [0.1, 0.15) is 56.2 Å². The molecule has 2 aliphatic carbocycles. The second-order valence-electron chi connectivity index (χ2n) is 10.6. The van der Waals surface area contributed by atoms with E-state index < -0.39 is 32.8 Å². The molecule has 4 aromatic carbocycles. The summed E-state index contributed by atoms with van der Waals surface area (Å²) in [6.45, 7) is 4.35. The molecule has 0 spiro atoms. The molecule has 1 heterocycles. The van der Waals surface area contributed by atoms with Gasteiger partial charge in [0.1, 0.15) is 0 Å². The van der Waals surface area contributed by atoms with E-state index >= 15 is 8.78 Å². The summed E-state index contributed by atoms with van der Waals surface area (Å²) in [5.74, 6) is -0.516. The quantitative estimate of drug-likeness (QED) is 0.233. The average Bonchev–Trinajstić information content (AvgIpc) is 3.35. The third-order valence-electron chi connectivity index (χ3n) is 8.69. The van der Waals surface area contributed by atoms with Crippen LogP contribution in [0, 0.1) is 11.6 Å². The summed E-state index contributed by atoms with van der Waals surface area (Å²) in [5.41, 5.74) is 9.70. The van der Waals surface area contributed by atoms with Crippen LogP contribution in [0.15, 0.2) is 108 Å². The molecule has 0 radical (unpaired) electrons. The Morgan fingerprint density at radius 1 is 0.564 bits per heavy atom. The Labute approximate surface area is 233 Å². The molecule has 2 unspecified atom stereocenters. The number of hydrogen-bond donors (Lipinski definition) is 0. The third-order valence-corrected chi connectivity index (χ3v) is 18.5. The standard InChI is InChI=1S/C22H20.2C6H5FO.Zr/c1-15-17(13-19-7-3-5-9-21(15)19)11-12-18-14-20-8-4-6-10-22(20)16(18)2;2*7-5-3-1-2-4-6(5)8;/h3-10,13-14H,11-12H2,1-2H3;2*1-4,8H;/q;;;+2/p-2. The van der Waals surface area contributed by atoms with Crippen molar-refractivity contribution in [2.75, 3.05) is 0 Å². The van der Waals surface area contributed by atoms with Crippen molar-refractivity contribution >= 4 is 11.1 Å². The second kappa shape index (κ2) is 9.42. The van der Waals surface area contributed by atoms with E-state index in [-0.39, 0.29) is 18.8 Å². The summed E-state index contributed by atoms with van der Waals surface area (Å²) in [7, 11) is 0. The van der Waals surface area contributed by atoms with Crippen molar-refractivity contribution in [2.24, 2.45) is 0 Å². The Kier molecular flexibility index (Phi) is 5.97. The molecule has 0 N–H and O–H groups in total. The SMILES string of the molecule is CC1=C2CCC3=C(C)c4ccccc4[CH]3[Zr]([O]c3ccccc3F)([O]c3ccccc3F)[CH]2c2ccccc21. The molecule has 0 bridgehead atoms. The first-order valence-electron chi connectivity index (χ1n) is 13.4. The van der Waals surface area contributed by atoms with E-state index in [0.29, 0.717) is 0 Å². The Morgan fingerprint density at radius 3 is 1.38 bits per heavy atom. The molecule has 1 fully saturated rings. The molecule has 2 nitrogen and oxygen atoms in total. The maximum absolute atomic E-state index is 15.4. The van der Waals surface area contributed by atoms with Crippen LogP contribution < -0.4 is 5.63 Å². The average molecular weight is 598 g/mol. The molecule has 2 atom stereocenters. The third kappa shape index (κ3) is 3.73. The summed E-state index contributed by atoms with van der Waals surface area (Å²) >= 11 is -4.86. The molecule has 7 rings (SSSR count). The minimum absolute atomic E-state index is 0.170. The van der Waals surface area contributed by atoms with Crippen LogP contribution in [0.4, 0.5) is 8.78 Å². The molecular formula is C34H28F2O2Zr. The van der Waals surface area contributed by atoms with Crippen LogP contribution in [0.3, 0.4) is 0 Å². The van der Waals surface area contributed by atoms with E-state index in [2.05, 4.69) is 50.2 Å². The summed E-state index contributed by atoms with van der Waals surface area (Å²) in [4.78, 5) is 0. The Balaban J connectivity index is 1.58. The first kappa shape index (κ1) is 24.7. The number of allylic oxidation sites excluding steroid dienone is 4. The fraction of sp³-hybridized carbons (Fsp3) is 0.176. The van der Waals surface area contributed by atoms with Gasteiger partial charge in [-0.15, -0.1) is 0 Å². The Bertz CT molecular complexity index is 1560. The van der Waals surface area contributed by atoms with E-state index in [1.807, 2.05) is 12.1 Å². The van der Waals surface area contributed by atoms with E-state index in [0.717, 1.165) is 24.0 Å². The summed E-state index contributed by atoms with van der Waals surface area (Å²) < 4.78 is 44.8. The van der Waals surface area contributed by atoms with Gasteiger partial charge in [0.15, 0.2) is 0 Å². The summed E-state index contributed by atoms with van der Waals surface area (Å²) in [5, 5.41) is 0. The van der Waals surface area contributed by atoms with Gasteiger partial charge in [-0.25, -0.2) is 0 Å². The monoisotopic (exact) mass is 596 g/mol. The van der Waals surface area contributed by atoms with Crippen molar-refractivity contribution < 1.29 is 35.6 Å². The summed E-state index contributed by atoms with van der Waals surface area (Å²) in [6, 6.07) is 29.9. The van der Waals surface area contributed by atoms with Gasteiger partial charge in [0.2, 0.25) is 0 Å². The van der Waals surface area contributed by atoms with Gasteiger partial charge in [-0.3, -0.25) is 0 Å². The fourth-order valence-corrected chi connectivity index (χ4v) is 19.1. The zero-order chi connectivity index (χ0) is 26.7. The van der Waals surface area contributed by atoms with Gasteiger partial charge in [0.25, 0.3) is 0 Å². The van der Waals surface area contributed by atoms with E-state index in [1.165, 1.54) is 45.6 Å². The normalized spacial score (nSPS) is 20.6. The maximum atomic E-state index is 15.4. The van der Waals surface area contributed by atoms with E-state index in [1.54, 1.807) is 36.4 Å². The van der Waals surface area contributed by atoms with Crippen molar-refractivity contribution in [3.63, 3.8) is 0 Å². The molecule has 4 aromatic rings. The predicted octanol–water partition coefficient (Wildman–Crippen LogP) is 9.26. The second-order valence-corrected chi connectivity index (χ2v) is 18.0. The molecule has 5 heteroatoms. The first-order chi connectivity index (χ1) is 19.0. The van der Waals surface area contributed by atoms with Crippen molar-refractivity contribution in [2.45, 2.75) is 33.9 Å². The van der Waals surface area contributed by atoms with Gasteiger partial charge >= 0.3 is 234 Å². The summed E-state index contributed by atoms with van der Waals surface area (Å²) in [6.07, 6.45) is 1.73. The topological polar surface area (TPSA) is 18.5 Å². The van der Waals surface area contributed by atoms with Crippen molar-refractivity contribution in [3.8, 4) is 11.5 Å². The number of fused-ring (bicyclic) bond motifs is 6. The van der Waals surface area contributed by atoms with Crippen LogP contribution in [0.5, 0.6) is 11.5 Å². The van der Waals surface area contributed by atoms with Crippen LogP contribution in [-0.2, 0) is 21.1 Å². The van der Waals surface area contributed by atoms with Gasteiger partial charge in [0.05, 0.1) is 0 Å². The fourth-order valence-electron chi connectivity index (χ4n) is 7.01. The molecule has 0 amide bonds. The molecule has 1 saturated heterocycles. The Hall–Kier alpha value is -3.30. The van der Waals surface area contributed by atoms with Gasteiger partial charge in [-0.2, -0.15) is 0 Å². The molecule has 1 aliphatic heterocycles. The molecule has 0 aromatic heterocycles. The van der Waals surface area contributed by atoms with Crippen LogP contribution in [0.25, 0.3) is 11.1 Å². The molecule has 3 aliphatic rings. The number of halogens is 2. The molecule has 39 heavy (non-hydrogen) atoms. The number of rotatable bonds is 4. The molecular weight excluding hydrogens is 570 g/mol. The van der Waals surface area contributed by atoms with Gasteiger partial charge in [-0.1, -0.05) is 0 Å². The van der Waals surface area contributed by atoms with Gasteiger partial charge in [0, 0.05) is 0 Å². The first-order valence-corrected chi connectivity index (χ1v) is 18.3. The van der Waals surface area contributed by atoms with Crippen molar-refractivity contribution in [1.82, 2.24) is 0 Å². The van der Waals surface area contributed by atoms with Crippen LogP contribution >= 0.6 is 0 Å². The van der Waals surface area contributed by atoms with E-state index in [4.69, 9.17) is 5.63 Å². The zero-order valence-corrected chi connectivity index (χ0v) is 24.3. The minimum atomic E-state index is -4.86. The number of para-hydroxylation sites is 2. The number of benzene rings is 4. The van der Waals surface area contributed by atoms with Gasteiger partial charge < -0.3 is 0 Å². The number of hydrogen-bond acceptors (Lipinski definition) is 2. The molecule has 0 saturated carbocycles. The van der Waals surface area contributed by atoms with E-state index in [9.17, 15) is 0 Å². The van der Waals surface area contributed by atoms with Crippen LogP contribution in [0.2, 0.25) is 0 Å². The molecule has 194 valence electrons. The Morgan fingerprint density at radius 2 is 0.949 bits per heavy atom. The van der Waals surface area contributed by atoms with Crippen molar-refractivity contribution in [1.29, 1.82) is 0 Å². The predicted molar refractivity (Wildman–Crippen MR) is 147 cm³/mol. The van der Waals surface area contributed by atoms with Crippen molar-refractivity contribution in [3.05, 3.63) is 142 Å². The van der Waals surface area contributed by atoms with Gasteiger partial charge in [-0.05, 0) is 0 Å². The van der Waals surface area contributed by atoms with Crippen LogP contribution in [-0.4, -0.2) is 0 Å². The zero-order valence-electron chi connectivity index (χ0n) is 21.9.